The molecule has 0 bridgehead atoms. The molecule has 1 N–H and O–H groups in total. The van der Waals surface area contributed by atoms with E-state index in [1.807, 2.05) is 4.90 Å². The average Bonchev–Trinajstić information content (AvgIpc) is 3.00. The van der Waals surface area contributed by atoms with Gasteiger partial charge in [-0.1, -0.05) is 5.16 Å². The van der Waals surface area contributed by atoms with Crippen LogP contribution in [0.4, 0.5) is 0 Å². The lowest BCUT2D eigenvalue weighted by Crippen LogP contribution is -2.51. The van der Waals surface area contributed by atoms with Crippen molar-refractivity contribution in [3.05, 3.63) is 17.0 Å². The molecule has 8 nitrogen and oxygen atoms in total. The molecule has 2 amide bonds. The number of carbonyl (C=O) groups excluding carboxylic acids is 2. The van der Waals surface area contributed by atoms with E-state index in [0.29, 0.717) is 56.2 Å². The maximum Gasteiger partial charge on any atom is 0.257 e. The van der Waals surface area contributed by atoms with E-state index >= 15 is 0 Å². The lowest BCUT2D eigenvalue weighted by Gasteiger charge is -2.38. The molecule has 3 rings (SSSR count). The molecule has 1 aromatic heterocycles. The molecular formula is C18H27N3O5. The normalized spacial score (nSPS) is 26.6. The average molecular weight is 365 g/mol. The van der Waals surface area contributed by atoms with Crippen molar-refractivity contribution in [3.8, 4) is 0 Å². The highest BCUT2D eigenvalue weighted by molar-refractivity contribution is 5.96. The molecule has 0 aromatic carbocycles. The SMILES string of the molecule is CO[C@H]1C[C@@H](C(=O)N2CCOCC2)CC[C@@H]1NC(=O)c1c(C)noc1C. The van der Waals surface area contributed by atoms with Crippen LogP contribution in [-0.2, 0) is 14.3 Å². The number of amides is 2. The van der Waals surface area contributed by atoms with Crippen molar-refractivity contribution in [2.45, 2.75) is 45.3 Å². The predicted octanol–water partition coefficient (Wildman–Crippen LogP) is 1.06. The number of carbonyl (C=O) groups is 2. The van der Waals surface area contributed by atoms with Crippen LogP contribution in [0.2, 0.25) is 0 Å². The number of hydrogen-bond acceptors (Lipinski definition) is 6. The first kappa shape index (κ1) is 18.8. The van der Waals surface area contributed by atoms with Crippen molar-refractivity contribution < 1.29 is 23.6 Å². The highest BCUT2D eigenvalue weighted by Crippen LogP contribution is 2.29. The molecule has 1 aliphatic carbocycles. The van der Waals surface area contributed by atoms with Gasteiger partial charge < -0.3 is 24.2 Å². The molecule has 1 aromatic rings. The topological polar surface area (TPSA) is 93.9 Å². The molecule has 1 saturated heterocycles. The van der Waals surface area contributed by atoms with Gasteiger partial charge in [0, 0.05) is 26.1 Å². The monoisotopic (exact) mass is 365 g/mol. The number of nitrogens with zero attached hydrogens (tertiary/aromatic N) is 2. The highest BCUT2D eigenvalue weighted by Gasteiger charge is 2.37. The van der Waals surface area contributed by atoms with Crippen molar-refractivity contribution in [3.63, 3.8) is 0 Å². The van der Waals surface area contributed by atoms with E-state index in [2.05, 4.69) is 10.5 Å². The predicted molar refractivity (Wildman–Crippen MR) is 92.8 cm³/mol. The zero-order chi connectivity index (χ0) is 18.7. The van der Waals surface area contributed by atoms with Gasteiger partial charge in [-0.2, -0.15) is 0 Å². The van der Waals surface area contributed by atoms with Gasteiger partial charge in [-0.05, 0) is 33.1 Å². The Labute approximate surface area is 153 Å². The van der Waals surface area contributed by atoms with Crippen LogP contribution in [0.3, 0.4) is 0 Å². The summed E-state index contributed by atoms with van der Waals surface area (Å²) in [7, 11) is 1.63. The first-order valence-corrected chi connectivity index (χ1v) is 9.14. The number of ether oxygens (including phenoxy) is 2. The van der Waals surface area contributed by atoms with Gasteiger partial charge in [-0.3, -0.25) is 9.59 Å². The third-order valence-corrected chi connectivity index (χ3v) is 5.34. The summed E-state index contributed by atoms with van der Waals surface area (Å²) in [6.07, 6.45) is 1.86. The smallest absolute Gasteiger partial charge is 0.257 e. The summed E-state index contributed by atoms with van der Waals surface area (Å²) in [6.45, 7) is 5.97. The molecule has 1 aliphatic heterocycles. The van der Waals surface area contributed by atoms with Crippen molar-refractivity contribution in [2.75, 3.05) is 33.4 Å². The molecule has 1 saturated carbocycles. The molecule has 144 valence electrons. The number of aromatic nitrogens is 1. The van der Waals surface area contributed by atoms with Crippen molar-refractivity contribution in [2.24, 2.45) is 5.92 Å². The van der Waals surface area contributed by atoms with Gasteiger partial charge in [0.15, 0.2) is 0 Å². The summed E-state index contributed by atoms with van der Waals surface area (Å²) in [5.74, 6) is 0.410. The summed E-state index contributed by atoms with van der Waals surface area (Å²) in [5, 5.41) is 6.86. The van der Waals surface area contributed by atoms with E-state index in [0.717, 1.165) is 6.42 Å². The second-order valence-corrected chi connectivity index (χ2v) is 7.00. The van der Waals surface area contributed by atoms with E-state index in [1.54, 1.807) is 21.0 Å². The van der Waals surface area contributed by atoms with E-state index < -0.39 is 0 Å². The lowest BCUT2D eigenvalue weighted by molar-refractivity contribution is -0.142. The van der Waals surface area contributed by atoms with E-state index in [9.17, 15) is 9.59 Å². The van der Waals surface area contributed by atoms with Crippen LogP contribution in [0, 0.1) is 19.8 Å². The fourth-order valence-electron chi connectivity index (χ4n) is 3.87. The number of morpholine rings is 1. The Balaban J connectivity index is 1.61. The number of nitrogens with one attached hydrogen (secondary N) is 1. The fourth-order valence-corrected chi connectivity index (χ4v) is 3.87. The van der Waals surface area contributed by atoms with Crippen LogP contribution in [0.25, 0.3) is 0 Å². The molecule has 2 heterocycles. The Hall–Kier alpha value is -1.93. The Kier molecular flexibility index (Phi) is 5.93. The largest absolute Gasteiger partial charge is 0.379 e. The highest BCUT2D eigenvalue weighted by atomic mass is 16.5. The summed E-state index contributed by atoms with van der Waals surface area (Å²) >= 11 is 0. The second-order valence-electron chi connectivity index (χ2n) is 7.00. The molecule has 0 spiro atoms. The first-order valence-electron chi connectivity index (χ1n) is 9.14. The van der Waals surface area contributed by atoms with Crippen LogP contribution in [0.5, 0.6) is 0 Å². The van der Waals surface area contributed by atoms with E-state index in [1.165, 1.54) is 0 Å². The Morgan fingerprint density at radius 3 is 2.58 bits per heavy atom. The summed E-state index contributed by atoms with van der Waals surface area (Å²) in [6, 6.07) is -0.130. The van der Waals surface area contributed by atoms with Crippen LogP contribution >= 0.6 is 0 Å². The van der Waals surface area contributed by atoms with Gasteiger partial charge in [0.25, 0.3) is 5.91 Å². The van der Waals surface area contributed by atoms with Crippen molar-refractivity contribution in [1.82, 2.24) is 15.4 Å². The van der Waals surface area contributed by atoms with Crippen molar-refractivity contribution >= 4 is 11.8 Å². The molecule has 8 heteroatoms. The maximum absolute atomic E-state index is 12.7. The lowest BCUT2D eigenvalue weighted by atomic mass is 9.82. The zero-order valence-electron chi connectivity index (χ0n) is 15.6. The standard InChI is InChI=1S/C18H27N3O5/c1-11-16(12(2)26-20-11)17(22)19-14-5-4-13(10-15(14)24-3)18(23)21-6-8-25-9-7-21/h13-15H,4-10H2,1-3H3,(H,19,22)/t13-,14-,15-/m0/s1. The molecule has 26 heavy (non-hydrogen) atoms. The van der Waals surface area contributed by atoms with Gasteiger partial charge in [-0.25, -0.2) is 0 Å². The number of aryl methyl sites for hydroxylation is 2. The number of rotatable bonds is 4. The molecule has 0 radical (unpaired) electrons. The fraction of sp³-hybridized carbons (Fsp3) is 0.722. The molecular weight excluding hydrogens is 338 g/mol. The minimum Gasteiger partial charge on any atom is -0.379 e. The maximum atomic E-state index is 12.7. The van der Waals surface area contributed by atoms with Crippen molar-refractivity contribution in [1.29, 1.82) is 0 Å². The van der Waals surface area contributed by atoms with Gasteiger partial charge in [0.2, 0.25) is 5.91 Å². The Bertz CT molecular complexity index is 634. The van der Waals surface area contributed by atoms with E-state index in [4.69, 9.17) is 14.0 Å². The Morgan fingerprint density at radius 1 is 1.23 bits per heavy atom. The zero-order valence-corrected chi connectivity index (χ0v) is 15.6. The molecule has 0 unspecified atom stereocenters. The number of hydrogen-bond donors (Lipinski definition) is 1. The van der Waals surface area contributed by atoms with Crippen LogP contribution in [0.1, 0.15) is 41.1 Å². The summed E-state index contributed by atoms with van der Waals surface area (Å²) < 4.78 is 16.0. The summed E-state index contributed by atoms with van der Waals surface area (Å²) in [5.41, 5.74) is 1.05. The first-order chi connectivity index (χ1) is 12.5. The van der Waals surface area contributed by atoms with E-state index in [-0.39, 0.29) is 29.9 Å². The second kappa shape index (κ2) is 8.18. The quantitative estimate of drug-likeness (QED) is 0.858. The third kappa shape index (κ3) is 3.91. The molecule has 3 atom stereocenters. The minimum absolute atomic E-state index is 0.0646. The third-order valence-electron chi connectivity index (χ3n) is 5.34. The van der Waals surface area contributed by atoms with Gasteiger partial charge >= 0.3 is 0 Å². The van der Waals surface area contributed by atoms with Gasteiger partial charge in [0.1, 0.15) is 11.3 Å². The molecule has 2 aliphatic rings. The van der Waals surface area contributed by atoms with Crippen LogP contribution < -0.4 is 5.32 Å². The Morgan fingerprint density at radius 2 is 1.96 bits per heavy atom. The number of methoxy groups -OCH3 is 1. The van der Waals surface area contributed by atoms with Crippen LogP contribution in [0.15, 0.2) is 4.52 Å². The molecule has 2 fully saturated rings. The van der Waals surface area contributed by atoms with Gasteiger partial charge in [0.05, 0.1) is 31.1 Å². The minimum atomic E-state index is -0.203. The van der Waals surface area contributed by atoms with Gasteiger partial charge in [-0.15, -0.1) is 0 Å². The summed E-state index contributed by atoms with van der Waals surface area (Å²) in [4.78, 5) is 27.2. The van der Waals surface area contributed by atoms with Crippen LogP contribution in [-0.4, -0.2) is 67.4 Å².